The van der Waals surface area contributed by atoms with Gasteiger partial charge in [-0.1, -0.05) is 42.0 Å². The Balaban J connectivity index is 1.99. The van der Waals surface area contributed by atoms with E-state index < -0.39 is 0 Å². The lowest BCUT2D eigenvalue weighted by molar-refractivity contribution is 0.636. The van der Waals surface area contributed by atoms with Crippen LogP contribution in [0.15, 0.2) is 42.5 Å². The van der Waals surface area contributed by atoms with Crippen molar-refractivity contribution >= 4 is 5.69 Å². The van der Waals surface area contributed by atoms with Gasteiger partial charge in [-0.3, -0.25) is 0 Å². The van der Waals surface area contributed by atoms with Crippen LogP contribution in [0.5, 0.6) is 0 Å². The van der Waals surface area contributed by atoms with E-state index in [2.05, 4.69) is 73.5 Å². The molecule has 0 saturated carbocycles. The first kappa shape index (κ1) is 14.2. The first-order valence-corrected chi connectivity index (χ1v) is 7.79. The summed E-state index contributed by atoms with van der Waals surface area (Å²) < 4.78 is 0. The van der Waals surface area contributed by atoms with Crippen LogP contribution >= 0.6 is 0 Å². The zero-order valence-corrected chi connectivity index (χ0v) is 13.2. The molecule has 1 atom stereocenters. The average Bonchev–Trinajstić information content (AvgIpc) is 2.69. The average molecular weight is 280 g/mol. The number of nitrogens with zero attached hydrogens (tertiary/aromatic N) is 1. The molecule has 0 bridgehead atoms. The van der Waals surface area contributed by atoms with Gasteiger partial charge in [0.2, 0.25) is 0 Å². The van der Waals surface area contributed by atoms with Crippen LogP contribution in [0, 0.1) is 13.8 Å². The molecule has 0 aliphatic carbocycles. The predicted molar refractivity (Wildman–Crippen MR) is 89.8 cm³/mol. The normalized spacial score (nSPS) is 16.2. The summed E-state index contributed by atoms with van der Waals surface area (Å²) in [5.41, 5.74) is 6.91. The molecule has 0 fully saturated rings. The second-order valence-corrected chi connectivity index (χ2v) is 6.03. The van der Waals surface area contributed by atoms with Gasteiger partial charge in [0.1, 0.15) is 0 Å². The van der Waals surface area contributed by atoms with Crippen molar-refractivity contribution in [2.45, 2.75) is 33.4 Å². The van der Waals surface area contributed by atoms with E-state index in [1.54, 1.807) is 0 Å². The van der Waals surface area contributed by atoms with Crippen molar-refractivity contribution in [2.24, 2.45) is 0 Å². The summed E-state index contributed by atoms with van der Waals surface area (Å²) in [6.07, 6.45) is 0. The lowest BCUT2D eigenvalue weighted by Crippen LogP contribution is -2.31. The third kappa shape index (κ3) is 2.81. The quantitative estimate of drug-likeness (QED) is 0.895. The van der Waals surface area contributed by atoms with Crippen molar-refractivity contribution in [1.82, 2.24) is 5.32 Å². The minimum Gasteiger partial charge on any atom is -0.363 e. The fourth-order valence-corrected chi connectivity index (χ4v) is 3.35. The monoisotopic (exact) mass is 280 g/mol. The maximum atomic E-state index is 3.52. The van der Waals surface area contributed by atoms with E-state index in [-0.39, 0.29) is 0 Å². The maximum absolute atomic E-state index is 3.52. The van der Waals surface area contributed by atoms with E-state index in [0.717, 1.165) is 19.6 Å². The van der Waals surface area contributed by atoms with Crippen LogP contribution in [0.25, 0.3) is 0 Å². The summed E-state index contributed by atoms with van der Waals surface area (Å²) in [4.78, 5) is 2.53. The van der Waals surface area contributed by atoms with Crippen LogP contribution in [-0.4, -0.2) is 13.1 Å². The van der Waals surface area contributed by atoms with E-state index in [0.29, 0.717) is 6.04 Å². The molecule has 1 N–H and O–H groups in total. The number of fused-ring (bicyclic) bond motifs is 1. The van der Waals surface area contributed by atoms with E-state index >= 15 is 0 Å². The number of hydrogen-bond donors (Lipinski definition) is 1. The van der Waals surface area contributed by atoms with Gasteiger partial charge in [-0.2, -0.15) is 0 Å². The van der Waals surface area contributed by atoms with Crippen molar-refractivity contribution < 1.29 is 0 Å². The van der Waals surface area contributed by atoms with Gasteiger partial charge in [-0.05, 0) is 43.5 Å². The lowest BCUT2D eigenvalue weighted by atomic mass is 9.98. The summed E-state index contributed by atoms with van der Waals surface area (Å²) >= 11 is 0. The summed E-state index contributed by atoms with van der Waals surface area (Å²) in [5.74, 6) is 0. The zero-order chi connectivity index (χ0) is 14.8. The van der Waals surface area contributed by atoms with Crippen LogP contribution in [-0.2, 0) is 6.54 Å². The lowest BCUT2D eigenvalue weighted by Gasteiger charge is -2.32. The van der Waals surface area contributed by atoms with E-state index in [9.17, 15) is 0 Å². The molecule has 2 aromatic carbocycles. The molecule has 110 valence electrons. The molecule has 3 rings (SSSR count). The van der Waals surface area contributed by atoms with Crippen LogP contribution in [0.2, 0.25) is 0 Å². The topological polar surface area (TPSA) is 15.3 Å². The van der Waals surface area contributed by atoms with Gasteiger partial charge in [-0.25, -0.2) is 0 Å². The molecule has 0 aromatic heterocycles. The number of rotatable bonds is 2. The summed E-state index contributed by atoms with van der Waals surface area (Å²) in [6, 6.07) is 16.0. The van der Waals surface area contributed by atoms with Crippen LogP contribution in [0.4, 0.5) is 5.69 Å². The number of hydrogen-bond acceptors (Lipinski definition) is 2. The highest BCUT2D eigenvalue weighted by molar-refractivity contribution is 5.56. The van der Waals surface area contributed by atoms with E-state index in [1.807, 2.05) is 0 Å². The van der Waals surface area contributed by atoms with Crippen molar-refractivity contribution in [3.8, 4) is 0 Å². The molecular weight excluding hydrogens is 256 g/mol. The van der Waals surface area contributed by atoms with E-state index in [4.69, 9.17) is 0 Å². The molecule has 2 nitrogen and oxygen atoms in total. The van der Waals surface area contributed by atoms with Crippen molar-refractivity contribution in [2.75, 3.05) is 18.0 Å². The Morgan fingerprint density at radius 3 is 2.71 bits per heavy atom. The van der Waals surface area contributed by atoms with Crippen molar-refractivity contribution in [3.05, 3.63) is 64.7 Å². The van der Waals surface area contributed by atoms with Gasteiger partial charge in [0, 0.05) is 25.3 Å². The number of anilines is 1. The Labute approximate surface area is 127 Å². The van der Waals surface area contributed by atoms with Gasteiger partial charge in [0.15, 0.2) is 0 Å². The smallest absolute Gasteiger partial charge is 0.0517 e. The third-order valence-electron chi connectivity index (χ3n) is 4.49. The second-order valence-electron chi connectivity index (χ2n) is 6.03. The summed E-state index contributed by atoms with van der Waals surface area (Å²) in [7, 11) is 0. The van der Waals surface area contributed by atoms with Gasteiger partial charge in [0.25, 0.3) is 0 Å². The highest BCUT2D eigenvalue weighted by atomic mass is 15.2. The zero-order valence-electron chi connectivity index (χ0n) is 13.2. The first-order valence-electron chi connectivity index (χ1n) is 7.79. The molecular formula is C19H24N2. The molecule has 2 heteroatoms. The molecule has 1 aliphatic rings. The Morgan fingerprint density at radius 2 is 1.90 bits per heavy atom. The Bertz CT molecular complexity index is 633. The first-order chi connectivity index (χ1) is 10.2. The molecule has 21 heavy (non-hydrogen) atoms. The van der Waals surface area contributed by atoms with Crippen LogP contribution in [0.3, 0.4) is 0 Å². The predicted octanol–water partition coefficient (Wildman–Crippen LogP) is 3.97. The standard InChI is InChI=1S/C19H24N2/c1-14-8-9-18(15(2)12-14)16(3)21-11-10-20-13-17-6-4-5-7-19(17)21/h4-9,12,16,20H,10-11,13H2,1-3H3. The Kier molecular flexibility index (Phi) is 3.98. The molecule has 2 aromatic rings. The number of aryl methyl sites for hydroxylation is 2. The molecule has 1 heterocycles. The minimum atomic E-state index is 0.395. The van der Waals surface area contributed by atoms with Crippen LogP contribution < -0.4 is 10.2 Å². The van der Waals surface area contributed by atoms with Crippen molar-refractivity contribution in [1.29, 1.82) is 0 Å². The summed E-state index contributed by atoms with van der Waals surface area (Å²) in [5, 5.41) is 3.52. The van der Waals surface area contributed by atoms with Gasteiger partial charge >= 0.3 is 0 Å². The van der Waals surface area contributed by atoms with Crippen molar-refractivity contribution in [3.63, 3.8) is 0 Å². The van der Waals surface area contributed by atoms with E-state index in [1.165, 1.54) is 27.9 Å². The highest BCUT2D eigenvalue weighted by Crippen LogP contribution is 2.32. The largest absolute Gasteiger partial charge is 0.363 e. The second kappa shape index (κ2) is 5.90. The van der Waals surface area contributed by atoms with Gasteiger partial charge in [-0.15, -0.1) is 0 Å². The number of nitrogens with one attached hydrogen (secondary N) is 1. The fourth-order valence-electron chi connectivity index (χ4n) is 3.35. The van der Waals surface area contributed by atoms with Gasteiger partial charge < -0.3 is 10.2 Å². The number of para-hydroxylation sites is 1. The molecule has 0 spiro atoms. The Hall–Kier alpha value is -1.80. The summed E-state index contributed by atoms with van der Waals surface area (Å²) in [6.45, 7) is 9.74. The SMILES string of the molecule is Cc1ccc(C(C)N2CCNCc3ccccc32)c(C)c1. The number of benzene rings is 2. The molecule has 1 aliphatic heterocycles. The third-order valence-corrected chi connectivity index (χ3v) is 4.49. The highest BCUT2D eigenvalue weighted by Gasteiger charge is 2.21. The minimum absolute atomic E-state index is 0.395. The molecule has 1 unspecified atom stereocenters. The Morgan fingerprint density at radius 1 is 1.10 bits per heavy atom. The maximum Gasteiger partial charge on any atom is 0.0517 e. The fraction of sp³-hybridized carbons (Fsp3) is 0.368. The molecule has 0 radical (unpaired) electrons. The molecule has 0 saturated heterocycles. The van der Waals surface area contributed by atoms with Crippen LogP contribution in [0.1, 0.15) is 35.2 Å². The molecule has 0 amide bonds. The van der Waals surface area contributed by atoms with Gasteiger partial charge in [0.05, 0.1) is 6.04 Å².